The molecule has 1 spiro atoms. The van der Waals surface area contributed by atoms with Crippen molar-refractivity contribution in [2.24, 2.45) is 23.7 Å². The van der Waals surface area contributed by atoms with Gasteiger partial charge in [-0.25, -0.2) is 0 Å². The lowest BCUT2D eigenvalue weighted by atomic mass is 9.70. The SMILES string of the molecule is C=CC[C@@H]1C[C@@]2(O)CC(=O)O[C@@]23C[C@H]2C[C@H]2C[C@H]13. The maximum Gasteiger partial charge on any atom is 0.309 e. The Labute approximate surface area is 107 Å². The predicted molar refractivity (Wildman–Crippen MR) is 65.6 cm³/mol. The molecular weight excluding hydrogens is 228 g/mol. The Bertz CT molecular complexity index is 431. The highest BCUT2D eigenvalue weighted by Crippen LogP contribution is 2.68. The summed E-state index contributed by atoms with van der Waals surface area (Å²) in [4.78, 5) is 11.7. The van der Waals surface area contributed by atoms with Crippen LogP contribution < -0.4 is 0 Å². The zero-order chi connectivity index (χ0) is 12.5. The van der Waals surface area contributed by atoms with Gasteiger partial charge >= 0.3 is 5.97 Å². The summed E-state index contributed by atoms with van der Waals surface area (Å²) in [5.41, 5.74) is -1.44. The molecule has 3 heteroatoms. The topological polar surface area (TPSA) is 46.5 Å². The van der Waals surface area contributed by atoms with E-state index in [0.29, 0.717) is 17.8 Å². The summed E-state index contributed by atoms with van der Waals surface area (Å²) in [5, 5.41) is 10.9. The molecule has 1 saturated heterocycles. The van der Waals surface area contributed by atoms with Crippen molar-refractivity contribution < 1.29 is 14.6 Å². The van der Waals surface area contributed by atoms with Crippen molar-refractivity contribution in [2.75, 3.05) is 0 Å². The first-order valence-electron chi connectivity index (χ1n) is 7.13. The summed E-state index contributed by atoms with van der Waals surface area (Å²) in [6.07, 6.45) is 7.11. The minimum absolute atomic E-state index is 0.196. The molecule has 4 aliphatic rings. The standard InChI is InChI=1S/C15H20O3/c1-2-3-9-6-14(17)8-13(16)18-15(14)7-11-4-10(11)5-12(9)15/h2,9-12,17H,1,3-8H2/t9-,10+,11-,12-,14-,15-/m1/s1. The van der Waals surface area contributed by atoms with Crippen LogP contribution in [0.1, 0.15) is 38.5 Å². The van der Waals surface area contributed by atoms with E-state index in [4.69, 9.17) is 4.74 Å². The molecule has 0 aromatic rings. The predicted octanol–water partition coefficient (Wildman–Crippen LogP) is 2.05. The van der Waals surface area contributed by atoms with E-state index >= 15 is 0 Å². The molecule has 3 nitrogen and oxygen atoms in total. The van der Waals surface area contributed by atoms with Gasteiger partial charge in [0, 0.05) is 5.92 Å². The van der Waals surface area contributed by atoms with Gasteiger partial charge in [-0.2, -0.15) is 0 Å². The quantitative estimate of drug-likeness (QED) is 0.601. The molecule has 1 heterocycles. The summed E-state index contributed by atoms with van der Waals surface area (Å²) < 4.78 is 5.73. The first kappa shape index (κ1) is 11.0. The number of ether oxygens (including phenoxy) is 1. The first-order chi connectivity index (χ1) is 8.58. The van der Waals surface area contributed by atoms with Crippen LogP contribution in [0.5, 0.6) is 0 Å². The normalized spacial score (nSPS) is 56.4. The van der Waals surface area contributed by atoms with Crippen LogP contribution in [0.25, 0.3) is 0 Å². The number of rotatable bonds is 2. The molecule has 1 N–H and O–H groups in total. The van der Waals surface area contributed by atoms with Gasteiger partial charge in [0.05, 0.1) is 6.42 Å². The van der Waals surface area contributed by atoms with E-state index in [9.17, 15) is 9.90 Å². The zero-order valence-corrected chi connectivity index (χ0v) is 10.6. The van der Waals surface area contributed by atoms with Gasteiger partial charge in [-0.05, 0) is 49.9 Å². The van der Waals surface area contributed by atoms with Gasteiger partial charge in [-0.3, -0.25) is 4.79 Å². The van der Waals surface area contributed by atoms with Gasteiger partial charge < -0.3 is 9.84 Å². The Hall–Kier alpha value is -0.830. The summed E-state index contributed by atoms with van der Waals surface area (Å²) >= 11 is 0. The maximum atomic E-state index is 11.7. The summed E-state index contributed by atoms with van der Waals surface area (Å²) in [5.74, 6) is 2.13. The molecule has 4 rings (SSSR count). The van der Waals surface area contributed by atoms with Gasteiger partial charge in [-0.1, -0.05) is 6.08 Å². The molecule has 0 unspecified atom stereocenters. The van der Waals surface area contributed by atoms with E-state index in [-0.39, 0.29) is 12.4 Å². The lowest BCUT2D eigenvalue weighted by molar-refractivity contribution is -0.169. The number of esters is 1. The molecule has 0 aromatic carbocycles. The number of fused-ring (bicyclic) bond motifs is 1. The molecule has 18 heavy (non-hydrogen) atoms. The van der Waals surface area contributed by atoms with Crippen LogP contribution in [0.15, 0.2) is 12.7 Å². The van der Waals surface area contributed by atoms with E-state index in [1.807, 2.05) is 6.08 Å². The van der Waals surface area contributed by atoms with Crippen LogP contribution in [-0.4, -0.2) is 22.3 Å². The van der Waals surface area contributed by atoms with Gasteiger partial charge in [0.1, 0.15) is 11.2 Å². The van der Waals surface area contributed by atoms with Crippen LogP contribution in [0.2, 0.25) is 0 Å². The lowest BCUT2D eigenvalue weighted by Gasteiger charge is -2.42. The van der Waals surface area contributed by atoms with Crippen LogP contribution in [0.3, 0.4) is 0 Å². The molecule has 0 bridgehead atoms. The second-order valence-electron chi connectivity index (χ2n) is 6.86. The third kappa shape index (κ3) is 1.16. The van der Waals surface area contributed by atoms with Crippen LogP contribution in [0, 0.1) is 23.7 Å². The number of hydrogen-bond acceptors (Lipinski definition) is 3. The molecule has 98 valence electrons. The largest absolute Gasteiger partial charge is 0.456 e. The fraction of sp³-hybridized carbons (Fsp3) is 0.800. The Morgan fingerprint density at radius 1 is 1.39 bits per heavy atom. The molecule has 6 atom stereocenters. The molecule has 3 aliphatic carbocycles. The number of aliphatic hydroxyl groups is 1. The molecule has 1 aliphatic heterocycles. The van der Waals surface area contributed by atoms with Gasteiger partial charge in [0.2, 0.25) is 0 Å². The molecule has 0 aromatic heterocycles. The molecular formula is C15H20O3. The second kappa shape index (κ2) is 3.19. The van der Waals surface area contributed by atoms with Crippen molar-refractivity contribution in [3.05, 3.63) is 12.7 Å². The molecule has 0 radical (unpaired) electrons. The summed E-state index contributed by atoms with van der Waals surface area (Å²) in [6, 6.07) is 0. The highest BCUT2D eigenvalue weighted by Gasteiger charge is 2.73. The van der Waals surface area contributed by atoms with Crippen LogP contribution >= 0.6 is 0 Å². The third-order valence-corrected chi connectivity index (χ3v) is 5.95. The third-order valence-electron chi connectivity index (χ3n) is 5.95. The number of hydrogen-bond donors (Lipinski definition) is 1. The smallest absolute Gasteiger partial charge is 0.309 e. The van der Waals surface area contributed by atoms with Crippen molar-refractivity contribution in [1.29, 1.82) is 0 Å². The fourth-order valence-corrected chi connectivity index (χ4v) is 5.14. The Morgan fingerprint density at radius 2 is 2.22 bits per heavy atom. The van der Waals surface area contributed by atoms with Crippen molar-refractivity contribution in [3.8, 4) is 0 Å². The monoisotopic (exact) mass is 248 g/mol. The highest BCUT2D eigenvalue weighted by atomic mass is 16.6. The Kier molecular flexibility index (Phi) is 1.95. The van der Waals surface area contributed by atoms with Crippen molar-refractivity contribution in [2.45, 2.75) is 49.7 Å². The van der Waals surface area contributed by atoms with E-state index in [1.165, 1.54) is 6.42 Å². The first-order valence-corrected chi connectivity index (χ1v) is 7.13. The van der Waals surface area contributed by atoms with Crippen LogP contribution in [0.4, 0.5) is 0 Å². The molecule has 3 saturated carbocycles. The minimum atomic E-state index is -0.893. The fourth-order valence-electron chi connectivity index (χ4n) is 5.14. The van der Waals surface area contributed by atoms with Crippen molar-refractivity contribution in [3.63, 3.8) is 0 Å². The van der Waals surface area contributed by atoms with Crippen molar-refractivity contribution in [1.82, 2.24) is 0 Å². The van der Waals surface area contributed by atoms with Gasteiger partial charge in [0.25, 0.3) is 0 Å². The van der Waals surface area contributed by atoms with E-state index in [1.54, 1.807) is 0 Å². The van der Waals surface area contributed by atoms with E-state index in [0.717, 1.165) is 31.6 Å². The molecule has 4 fully saturated rings. The highest BCUT2D eigenvalue weighted by molar-refractivity contribution is 5.75. The summed E-state index contributed by atoms with van der Waals surface area (Å²) in [6.45, 7) is 3.83. The average molecular weight is 248 g/mol. The van der Waals surface area contributed by atoms with E-state index < -0.39 is 11.2 Å². The van der Waals surface area contributed by atoms with Crippen molar-refractivity contribution >= 4 is 5.97 Å². The van der Waals surface area contributed by atoms with Crippen LogP contribution in [-0.2, 0) is 9.53 Å². The molecule has 0 amide bonds. The number of carbonyl (C=O) groups is 1. The van der Waals surface area contributed by atoms with Gasteiger partial charge in [0.15, 0.2) is 0 Å². The Morgan fingerprint density at radius 3 is 3.00 bits per heavy atom. The minimum Gasteiger partial charge on any atom is -0.456 e. The maximum absolute atomic E-state index is 11.7. The second-order valence-corrected chi connectivity index (χ2v) is 6.86. The van der Waals surface area contributed by atoms with E-state index in [2.05, 4.69) is 6.58 Å². The zero-order valence-electron chi connectivity index (χ0n) is 10.6. The number of allylic oxidation sites excluding steroid dienone is 1. The lowest BCUT2D eigenvalue weighted by Crippen LogP contribution is -2.52. The van der Waals surface area contributed by atoms with Gasteiger partial charge in [-0.15, -0.1) is 6.58 Å². The number of carbonyl (C=O) groups excluding carboxylic acids is 1. The Balaban J connectivity index is 1.75. The summed E-state index contributed by atoms with van der Waals surface area (Å²) in [7, 11) is 0. The average Bonchev–Trinajstić information content (AvgIpc) is 2.93.